The molecular formula is C17H23GeN. The molecule has 0 amide bonds. The van der Waals surface area contributed by atoms with Crippen molar-refractivity contribution in [2.75, 3.05) is 0 Å². The van der Waals surface area contributed by atoms with Crippen LogP contribution in [-0.2, 0) is 6.40 Å². The van der Waals surface area contributed by atoms with E-state index >= 15 is 0 Å². The molecule has 0 bridgehead atoms. The second kappa shape index (κ2) is 5.50. The standard InChI is InChI=1S/C17H23GeN/c1-6-14-11-17(15-9-7-13(2)8-10-15)19-12-16(14)18(3,4)5/h7-12H,6H2,1-5H3/i2D3,6D. The van der Waals surface area contributed by atoms with Gasteiger partial charge in [-0.25, -0.2) is 0 Å². The van der Waals surface area contributed by atoms with Crippen molar-refractivity contribution in [3.63, 3.8) is 0 Å². The van der Waals surface area contributed by atoms with Gasteiger partial charge in [-0.1, -0.05) is 0 Å². The van der Waals surface area contributed by atoms with E-state index in [0.29, 0.717) is 5.56 Å². The van der Waals surface area contributed by atoms with Crippen LogP contribution in [0.4, 0.5) is 0 Å². The van der Waals surface area contributed by atoms with Crippen molar-refractivity contribution in [1.82, 2.24) is 4.98 Å². The zero-order valence-electron chi connectivity index (χ0n) is 16.0. The summed E-state index contributed by atoms with van der Waals surface area (Å²) in [6.07, 6.45) is 1.63. The van der Waals surface area contributed by atoms with Gasteiger partial charge in [-0.3, -0.25) is 0 Å². The van der Waals surface area contributed by atoms with E-state index < -0.39 is 20.1 Å². The Morgan fingerprint density at radius 2 is 1.89 bits per heavy atom. The number of hydrogen-bond acceptors (Lipinski definition) is 1. The van der Waals surface area contributed by atoms with Crippen molar-refractivity contribution in [3.8, 4) is 11.3 Å². The summed E-state index contributed by atoms with van der Waals surface area (Å²) in [5.41, 5.74) is 3.05. The Morgan fingerprint density at radius 1 is 1.21 bits per heavy atom. The summed E-state index contributed by atoms with van der Waals surface area (Å²) in [4.78, 5) is 4.57. The Hall–Kier alpha value is -1.09. The molecule has 1 unspecified atom stereocenters. The van der Waals surface area contributed by atoms with Crippen LogP contribution in [0.5, 0.6) is 0 Å². The number of benzene rings is 1. The molecule has 100 valence electrons. The maximum atomic E-state index is 8.14. The van der Waals surface area contributed by atoms with Crippen LogP contribution in [0.1, 0.15) is 23.5 Å². The zero-order chi connectivity index (χ0) is 17.4. The molecule has 1 nitrogen and oxygen atoms in total. The van der Waals surface area contributed by atoms with E-state index in [1.807, 2.05) is 19.2 Å². The van der Waals surface area contributed by atoms with Gasteiger partial charge in [0.05, 0.1) is 0 Å². The molecule has 0 aliphatic rings. The van der Waals surface area contributed by atoms with Crippen LogP contribution in [-0.4, -0.2) is 18.3 Å². The molecule has 2 rings (SSSR count). The summed E-state index contributed by atoms with van der Waals surface area (Å²) in [6.45, 7) is -0.204. The number of aryl methyl sites for hydroxylation is 2. The Morgan fingerprint density at radius 3 is 2.42 bits per heavy atom. The number of aromatic nitrogens is 1. The SMILES string of the molecule is [2H]C(C)c1cc(-c2ccc(C([2H])([2H])[2H])cc2)nc[c]1[Ge]([CH3])([CH3])[CH3]. The average Bonchev–Trinajstić information content (AvgIpc) is 2.45. The van der Waals surface area contributed by atoms with Crippen molar-refractivity contribution in [2.24, 2.45) is 0 Å². The molecule has 0 N–H and O–H groups in total. The van der Waals surface area contributed by atoms with Gasteiger partial charge in [0.25, 0.3) is 0 Å². The molecule has 0 saturated carbocycles. The van der Waals surface area contributed by atoms with Gasteiger partial charge in [0.1, 0.15) is 0 Å². The van der Waals surface area contributed by atoms with E-state index in [4.69, 9.17) is 5.48 Å². The molecule has 2 heteroatoms. The molecule has 2 aromatic rings. The van der Waals surface area contributed by atoms with Gasteiger partial charge in [-0.2, -0.15) is 0 Å². The van der Waals surface area contributed by atoms with E-state index in [0.717, 1.165) is 16.8 Å². The first-order valence-corrected chi connectivity index (χ1v) is 13.9. The summed E-state index contributed by atoms with van der Waals surface area (Å²) >= 11 is -2.08. The normalized spacial score (nSPS) is 17.1. The molecule has 0 saturated heterocycles. The van der Waals surface area contributed by atoms with Crippen molar-refractivity contribution < 1.29 is 5.48 Å². The Balaban J connectivity index is 2.47. The minimum atomic E-state index is -2.09. The van der Waals surface area contributed by atoms with Crippen LogP contribution < -0.4 is 4.40 Å². The molecule has 1 aromatic heterocycles. The second-order valence-corrected chi connectivity index (χ2v) is 16.3. The predicted molar refractivity (Wildman–Crippen MR) is 86.8 cm³/mol. The van der Waals surface area contributed by atoms with Gasteiger partial charge in [-0.05, 0) is 0 Å². The van der Waals surface area contributed by atoms with Crippen molar-refractivity contribution >= 4 is 17.7 Å². The van der Waals surface area contributed by atoms with Gasteiger partial charge in [0, 0.05) is 0 Å². The summed E-state index contributed by atoms with van der Waals surface area (Å²) in [7, 11) is 0. The van der Waals surface area contributed by atoms with Crippen molar-refractivity contribution in [3.05, 3.63) is 47.7 Å². The monoisotopic (exact) mass is 319 g/mol. The molecule has 1 atom stereocenters. The predicted octanol–water partition coefficient (Wildman–Crippen LogP) is 4.16. The first-order valence-electron chi connectivity index (χ1n) is 8.61. The van der Waals surface area contributed by atoms with Crippen LogP contribution in [0.25, 0.3) is 11.3 Å². The van der Waals surface area contributed by atoms with E-state index in [1.54, 1.807) is 24.3 Å². The molecule has 1 heterocycles. The van der Waals surface area contributed by atoms with E-state index in [-0.39, 0.29) is 6.40 Å². The number of nitrogens with zero attached hydrogens (tertiary/aromatic N) is 1. The molecule has 1 aromatic carbocycles. The van der Waals surface area contributed by atoms with Gasteiger partial charge >= 0.3 is 124 Å². The molecule has 0 radical (unpaired) electrons. The Bertz CT molecular complexity index is 685. The summed E-state index contributed by atoms with van der Waals surface area (Å²) < 4.78 is 31.7. The first kappa shape index (κ1) is 9.76. The Kier molecular flexibility index (Phi) is 2.82. The quantitative estimate of drug-likeness (QED) is 0.774. The van der Waals surface area contributed by atoms with Crippen LogP contribution in [0.3, 0.4) is 0 Å². The maximum absolute atomic E-state index is 8.14. The number of rotatable bonds is 3. The van der Waals surface area contributed by atoms with Crippen LogP contribution in [0.15, 0.2) is 36.5 Å². The zero-order valence-corrected chi connectivity index (χ0v) is 14.1. The summed E-state index contributed by atoms with van der Waals surface area (Å²) in [6, 6.07) is 8.83. The number of hydrogen-bond donors (Lipinski definition) is 0. The fourth-order valence-electron chi connectivity index (χ4n) is 2.14. The van der Waals surface area contributed by atoms with Crippen LogP contribution in [0.2, 0.25) is 17.3 Å². The molecule has 0 aliphatic heterocycles. The average molecular weight is 318 g/mol. The fourth-order valence-corrected chi connectivity index (χ4v) is 5.35. The van der Waals surface area contributed by atoms with Gasteiger partial charge < -0.3 is 0 Å². The fraction of sp³-hybridized carbons (Fsp3) is 0.353. The molecule has 0 spiro atoms. The Labute approximate surface area is 125 Å². The molecule has 0 aliphatic carbocycles. The van der Waals surface area contributed by atoms with E-state index in [9.17, 15) is 0 Å². The summed E-state index contributed by atoms with van der Waals surface area (Å²) in [5, 5.41) is 0. The van der Waals surface area contributed by atoms with Crippen molar-refractivity contribution in [2.45, 2.75) is 37.4 Å². The third-order valence-electron chi connectivity index (χ3n) is 3.24. The first-order chi connectivity index (χ1) is 10.5. The topological polar surface area (TPSA) is 12.9 Å². The molecule has 0 fully saturated rings. The third-order valence-corrected chi connectivity index (χ3v) is 7.50. The number of pyridine rings is 1. The van der Waals surface area contributed by atoms with Crippen LogP contribution >= 0.6 is 0 Å². The molecule has 19 heavy (non-hydrogen) atoms. The minimum absolute atomic E-state index is 0.293. The summed E-state index contributed by atoms with van der Waals surface area (Å²) in [5.74, 6) is 6.90. The second-order valence-electron chi connectivity index (χ2n) is 5.77. The van der Waals surface area contributed by atoms with Gasteiger partial charge in [-0.15, -0.1) is 0 Å². The van der Waals surface area contributed by atoms with Crippen molar-refractivity contribution in [1.29, 1.82) is 0 Å². The van der Waals surface area contributed by atoms with Gasteiger partial charge in [0.15, 0.2) is 0 Å². The van der Waals surface area contributed by atoms with E-state index in [2.05, 4.69) is 22.3 Å². The third kappa shape index (κ3) is 3.27. The van der Waals surface area contributed by atoms with Crippen LogP contribution in [0, 0.1) is 6.85 Å². The van der Waals surface area contributed by atoms with Gasteiger partial charge in [0.2, 0.25) is 0 Å². The molecular weight excluding hydrogens is 291 g/mol. The van der Waals surface area contributed by atoms with E-state index in [1.165, 1.54) is 4.40 Å².